The van der Waals surface area contributed by atoms with Gasteiger partial charge in [-0.05, 0) is 35.9 Å². The Hall–Kier alpha value is -2.71. The lowest BCUT2D eigenvalue weighted by Gasteiger charge is -2.31. The molecule has 1 spiro atoms. The van der Waals surface area contributed by atoms with Crippen LogP contribution in [0.5, 0.6) is 0 Å². The summed E-state index contributed by atoms with van der Waals surface area (Å²) in [5, 5.41) is 10.8. The lowest BCUT2D eigenvalue weighted by molar-refractivity contribution is -0.125. The Bertz CT molecular complexity index is 1140. The third kappa shape index (κ3) is 2.48. The topological polar surface area (TPSA) is 88.9 Å². The van der Waals surface area contributed by atoms with Crippen molar-refractivity contribution in [2.24, 2.45) is 0 Å². The van der Waals surface area contributed by atoms with Crippen LogP contribution in [0.25, 0.3) is 0 Å². The smallest absolute Gasteiger partial charge is 0.240 e. The molecule has 0 saturated carbocycles. The molecule has 0 saturated heterocycles. The number of carbonyl (C=O) groups is 2. The van der Waals surface area contributed by atoms with Crippen molar-refractivity contribution in [3.05, 3.63) is 69.0 Å². The monoisotopic (exact) mass is 457 g/mol. The zero-order chi connectivity index (χ0) is 19.5. The van der Waals surface area contributed by atoms with E-state index in [1.165, 1.54) is 0 Å². The molecule has 3 aromatic rings. The Labute approximate surface area is 173 Å². The van der Waals surface area contributed by atoms with E-state index >= 15 is 0 Å². The van der Waals surface area contributed by atoms with Gasteiger partial charge in [-0.15, -0.1) is 0 Å². The molecule has 1 aromatic carbocycles. The number of rotatable bonds is 2. The van der Waals surface area contributed by atoms with Crippen LogP contribution in [0.15, 0.2) is 47.2 Å². The number of aromatic nitrogens is 3. The lowest BCUT2D eigenvalue weighted by atomic mass is 9.72. The molecule has 0 radical (unpaired) electrons. The van der Waals surface area contributed by atoms with Gasteiger partial charge in [0.25, 0.3) is 0 Å². The van der Waals surface area contributed by atoms with Gasteiger partial charge in [-0.3, -0.25) is 14.6 Å². The van der Waals surface area contributed by atoms with Gasteiger partial charge in [-0.25, -0.2) is 4.68 Å². The zero-order valence-corrected chi connectivity index (χ0v) is 16.7. The summed E-state index contributed by atoms with van der Waals surface area (Å²) in [5.41, 5.74) is 1.80. The van der Waals surface area contributed by atoms with Crippen LogP contribution in [-0.4, -0.2) is 26.6 Å². The average Bonchev–Trinajstić information content (AvgIpc) is 3.18. The van der Waals surface area contributed by atoms with E-state index in [4.69, 9.17) is 11.6 Å². The summed E-state index contributed by atoms with van der Waals surface area (Å²) in [6.45, 7) is 0.343. The SMILES string of the molecule is O=C1C[C@]2(C(=O)Nc3ccc(Br)cc32)c2cnn(Cc3ccc(Cl)cn3)c2N1. The molecule has 4 heterocycles. The van der Waals surface area contributed by atoms with Crippen molar-refractivity contribution < 1.29 is 9.59 Å². The molecular weight excluding hydrogens is 446 g/mol. The fourth-order valence-electron chi connectivity index (χ4n) is 3.89. The molecule has 0 unspecified atom stereocenters. The number of halogens is 2. The number of carbonyl (C=O) groups excluding carboxylic acids is 2. The van der Waals surface area contributed by atoms with Gasteiger partial charge in [0, 0.05) is 28.3 Å². The number of benzene rings is 1. The molecule has 2 aliphatic rings. The summed E-state index contributed by atoms with van der Waals surface area (Å²) < 4.78 is 2.49. The third-order valence-corrected chi connectivity index (χ3v) is 5.88. The maximum absolute atomic E-state index is 13.1. The highest BCUT2D eigenvalue weighted by Gasteiger charge is 2.54. The molecule has 2 aliphatic heterocycles. The van der Waals surface area contributed by atoms with Crippen molar-refractivity contribution in [3.8, 4) is 0 Å². The predicted molar refractivity (Wildman–Crippen MR) is 107 cm³/mol. The molecule has 0 fully saturated rings. The van der Waals surface area contributed by atoms with Crippen molar-refractivity contribution in [3.63, 3.8) is 0 Å². The average molecular weight is 459 g/mol. The van der Waals surface area contributed by atoms with Crippen LogP contribution in [0, 0.1) is 0 Å². The molecule has 1 atom stereocenters. The number of hydrogen-bond acceptors (Lipinski definition) is 4. The molecule has 2 aromatic heterocycles. The number of nitrogens with one attached hydrogen (secondary N) is 2. The zero-order valence-electron chi connectivity index (χ0n) is 14.4. The molecule has 0 aliphatic carbocycles. The van der Waals surface area contributed by atoms with Crippen LogP contribution < -0.4 is 10.6 Å². The van der Waals surface area contributed by atoms with E-state index in [0.717, 1.165) is 15.7 Å². The number of amides is 2. The lowest BCUT2D eigenvalue weighted by Crippen LogP contribution is -2.43. The molecule has 2 amide bonds. The second-order valence-electron chi connectivity index (χ2n) is 6.81. The van der Waals surface area contributed by atoms with E-state index in [1.807, 2.05) is 18.2 Å². The Morgan fingerprint density at radius 2 is 2.00 bits per heavy atom. The first-order valence-electron chi connectivity index (χ1n) is 8.55. The summed E-state index contributed by atoms with van der Waals surface area (Å²) in [6, 6.07) is 9.12. The van der Waals surface area contributed by atoms with Gasteiger partial charge in [0.1, 0.15) is 11.2 Å². The van der Waals surface area contributed by atoms with E-state index in [9.17, 15) is 9.59 Å². The number of anilines is 2. The van der Waals surface area contributed by atoms with Crippen molar-refractivity contribution >= 4 is 50.9 Å². The first-order chi connectivity index (χ1) is 13.5. The maximum Gasteiger partial charge on any atom is 0.240 e. The maximum atomic E-state index is 13.1. The highest BCUT2D eigenvalue weighted by molar-refractivity contribution is 9.10. The van der Waals surface area contributed by atoms with E-state index < -0.39 is 5.41 Å². The largest absolute Gasteiger partial charge is 0.325 e. The van der Waals surface area contributed by atoms with E-state index in [2.05, 4.69) is 36.6 Å². The van der Waals surface area contributed by atoms with Crippen molar-refractivity contribution in [2.45, 2.75) is 18.4 Å². The van der Waals surface area contributed by atoms with E-state index in [1.54, 1.807) is 29.2 Å². The molecular formula is C19H13BrClN5O2. The van der Waals surface area contributed by atoms with Crippen molar-refractivity contribution in [2.75, 3.05) is 10.6 Å². The van der Waals surface area contributed by atoms with Crippen molar-refractivity contribution in [1.29, 1.82) is 0 Å². The Kier molecular flexibility index (Phi) is 3.82. The minimum Gasteiger partial charge on any atom is -0.325 e. The van der Waals surface area contributed by atoms with Gasteiger partial charge in [-0.1, -0.05) is 27.5 Å². The van der Waals surface area contributed by atoms with Crippen molar-refractivity contribution in [1.82, 2.24) is 14.8 Å². The van der Waals surface area contributed by atoms with Gasteiger partial charge in [0.2, 0.25) is 11.8 Å². The second kappa shape index (κ2) is 6.15. The summed E-state index contributed by atoms with van der Waals surface area (Å²) in [5.74, 6) is 0.0538. The number of fused-ring (bicyclic) bond motifs is 4. The van der Waals surface area contributed by atoms with Crippen LogP contribution in [0.1, 0.15) is 23.2 Å². The van der Waals surface area contributed by atoms with Gasteiger partial charge in [0.15, 0.2) is 0 Å². The van der Waals surface area contributed by atoms with Gasteiger partial charge in [0.05, 0.1) is 23.5 Å². The Balaban J connectivity index is 1.65. The van der Waals surface area contributed by atoms with Crippen LogP contribution in [0.2, 0.25) is 5.02 Å². The molecule has 5 rings (SSSR count). The predicted octanol–water partition coefficient (Wildman–Crippen LogP) is 3.32. The van der Waals surface area contributed by atoms with E-state index in [-0.39, 0.29) is 18.2 Å². The minimum absolute atomic E-state index is 0.0280. The van der Waals surface area contributed by atoms with Crippen LogP contribution in [-0.2, 0) is 21.5 Å². The first kappa shape index (κ1) is 17.4. The Morgan fingerprint density at radius 1 is 1.14 bits per heavy atom. The molecule has 0 bridgehead atoms. The molecule has 140 valence electrons. The highest BCUT2D eigenvalue weighted by atomic mass is 79.9. The molecule has 28 heavy (non-hydrogen) atoms. The van der Waals surface area contributed by atoms with Crippen LogP contribution >= 0.6 is 27.5 Å². The fourth-order valence-corrected chi connectivity index (χ4v) is 4.36. The number of pyridine rings is 1. The highest BCUT2D eigenvalue weighted by Crippen LogP contribution is 2.50. The summed E-state index contributed by atoms with van der Waals surface area (Å²) >= 11 is 9.36. The summed E-state index contributed by atoms with van der Waals surface area (Å²) in [6.07, 6.45) is 3.24. The summed E-state index contributed by atoms with van der Waals surface area (Å²) in [4.78, 5) is 29.9. The quantitative estimate of drug-likeness (QED) is 0.616. The standard InChI is InChI=1S/C19H13BrClN5O2/c20-10-1-4-15-13(5-10)19(18(28)24-15)6-16(27)25-17-14(19)8-23-26(17)9-12-3-2-11(21)7-22-12/h1-5,7-8H,6,9H2,(H,24,28)(H,25,27)/t19-/m1/s1. The number of nitrogens with zero attached hydrogens (tertiary/aromatic N) is 3. The minimum atomic E-state index is -1.09. The van der Waals surface area contributed by atoms with E-state index in [0.29, 0.717) is 28.6 Å². The van der Waals surface area contributed by atoms with Gasteiger partial charge >= 0.3 is 0 Å². The third-order valence-electron chi connectivity index (χ3n) is 5.16. The second-order valence-corrected chi connectivity index (χ2v) is 8.16. The fraction of sp³-hybridized carbons (Fsp3) is 0.158. The normalized spacial score (nSPS) is 19.9. The first-order valence-corrected chi connectivity index (χ1v) is 9.72. The van der Waals surface area contributed by atoms with Gasteiger partial charge < -0.3 is 10.6 Å². The number of hydrogen-bond donors (Lipinski definition) is 2. The van der Waals surface area contributed by atoms with Crippen LogP contribution in [0.4, 0.5) is 11.5 Å². The molecule has 2 N–H and O–H groups in total. The molecule has 7 nitrogen and oxygen atoms in total. The Morgan fingerprint density at radius 3 is 2.79 bits per heavy atom. The summed E-state index contributed by atoms with van der Waals surface area (Å²) in [7, 11) is 0. The molecule has 9 heteroatoms. The van der Waals surface area contributed by atoms with Crippen LogP contribution in [0.3, 0.4) is 0 Å². The van der Waals surface area contributed by atoms with Gasteiger partial charge in [-0.2, -0.15) is 5.10 Å².